The molecule has 2 rings (SSSR count). The van der Waals surface area contributed by atoms with Gasteiger partial charge in [-0.05, 0) is 13.0 Å². The number of nitrogens with one attached hydrogen (secondary N) is 3. The summed E-state index contributed by atoms with van der Waals surface area (Å²) in [6.07, 6.45) is 5.57. The smallest absolute Gasteiger partial charge is 0.221 e. The lowest BCUT2D eigenvalue weighted by Gasteiger charge is -2.09. The van der Waals surface area contributed by atoms with Gasteiger partial charge in [-0.3, -0.25) is 4.79 Å². The highest BCUT2D eigenvalue weighted by molar-refractivity contribution is 7.16. The third kappa shape index (κ3) is 5.65. The molecule has 8 heteroatoms. The molecule has 1 amide bonds. The van der Waals surface area contributed by atoms with Crippen LogP contribution in [0.4, 0.5) is 5.13 Å². The van der Waals surface area contributed by atoms with E-state index in [1.54, 1.807) is 6.21 Å². The predicted molar refractivity (Wildman–Crippen MR) is 91.3 cm³/mol. The number of allylic oxidation sites excluding steroid dienone is 1. The number of aromatic nitrogens is 1. The molecule has 1 aliphatic rings. The highest BCUT2D eigenvalue weighted by Crippen LogP contribution is 2.18. The van der Waals surface area contributed by atoms with E-state index in [1.807, 2.05) is 19.1 Å². The summed E-state index contributed by atoms with van der Waals surface area (Å²) >= 11 is 1.25. The topological polar surface area (TPSA) is 102 Å². The van der Waals surface area contributed by atoms with Crippen molar-refractivity contribution in [2.24, 2.45) is 4.99 Å². The summed E-state index contributed by atoms with van der Waals surface area (Å²) in [4.78, 5) is 19.8. The zero-order valence-electron chi connectivity index (χ0n) is 12.8. The Morgan fingerprint density at radius 1 is 1.74 bits per heavy atom. The molecular formula is C15H18N6OS. The van der Waals surface area contributed by atoms with Gasteiger partial charge in [-0.25, -0.2) is 9.98 Å². The number of hydrogen-bond donors (Lipinski definition) is 3. The lowest BCUT2D eigenvalue weighted by molar-refractivity contribution is -0.119. The molecule has 23 heavy (non-hydrogen) atoms. The van der Waals surface area contributed by atoms with Crippen LogP contribution < -0.4 is 16.0 Å². The standard InChI is InChI=1S/C15H18N6OS/c1-10(7-18-12-5-14(22)19-8-12)3-4-17-11(2)21-15-20-9-13(6-16)23-15/h3-4,9,12,18H,2,5,7-8H2,1H3,(H,19,22)(H,20,21)/b10-3+,17-4-/t12-/m0/s1. The first-order valence-electron chi connectivity index (χ1n) is 7.08. The molecule has 1 saturated heterocycles. The summed E-state index contributed by atoms with van der Waals surface area (Å²) < 4.78 is 0. The van der Waals surface area contributed by atoms with Crippen LogP contribution in [0.5, 0.6) is 0 Å². The first kappa shape index (κ1) is 16.9. The quantitative estimate of drug-likeness (QED) is 0.656. The number of aliphatic imine (C=N–C) groups is 1. The molecule has 1 aromatic rings. The molecule has 1 aromatic heterocycles. The van der Waals surface area contributed by atoms with E-state index in [4.69, 9.17) is 5.26 Å². The van der Waals surface area contributed by atoms with Gasteiger partial charge in [0.25, 0.3) is 0 Å². The van der Waals surface area contributed by atoms with E-state index in [2.05, 4.69) is 32.5 Å². The SMILES string of the molecule is C=C(/N=C\C=C(/C)CN[C@@H]1CNC(=O)C1)Nc1ncc(C#N)s1. The fraction of sp³-hybridized carbons (Fsp3) is 0.333. The molecular weight excluding hydrogens is 312 g/mol. The summed E-state index contributed by atoms with van der Waals surface area (Å²) in [5, 5.41) is 18.3. The number of amides is 1. The van der Waals surface area contributed by atoms with Crippen molar-refractivity contribution in [2.45, 2.75) is 19.4 Å². The second kappa shape index (κ2) is 8.22. The summed E-state index contributed by atoms with van der Waals surface area (Å²) in [7, 11) is 0. The lowest BCUT2D eigenvalue weighted by Crippen LogP contribution is -2.32. The second-order valence-electron chi connectivity index (χ2n) is 5.09. The van der Waals surface area contributed by atoms with E-state index in [9.17, 15) is 4.79 Å². The minimum atomic E-state index is 0.0924. The number of hydrogen-bond acceptors (Lipinski definition) is 7. The number of nitriles is 1. The Morgan fingerprint density at radius 2 is 2.57 bits per heavy atom. The molecule has 2 heterocycles. The third-order valence-corrected chi connectivity index (χ3v) is 3.92. The summed E-state index contributed by atoms with van der Waals surface area (Å²) in [6, 6.07) is 2.22. The molecule has 0 aromatic carbocycles. The molecule has 0 unspecified atom stereocenters. The van der Waals surface area contributed by atoms with Gasteiger partial charge in [-0.15, -0.1) is 0 Å². The highest BCUT2D eigenvalue weighted by Gasteiger charge is 2.20. The number of nitrogens with zero attached hydrogens (tertiary/aromatic N) is 3. The number of carbonyl (C=O) groups excluding carboxylic acids is 1. The van der Waals surface area contributed by atoms with Gasteiger partial charge in [-0.1, -0.05) is 23.5 Å². The average Bonchev–Trinajstić information content (AvgIpc) is 3.14. The normalized spacial score (nSPS) is 18.0. The molecule has 1 fully saturated rings. The van der Waals surface area contributed by atoms with E-state index in [0.717, 1.165) is 5.57 Å². The molecule has 1 aliphatic heterocycles. The van der Waals surface area contributed by atoms with Crippen molar-refractivity contribution < 1.29 is 4.79 Å². The van der Waals surface area contributed by atoms with Crippen LogP contribution in [0, 0.1) is 11.3 Å². The lowest BCUT2D eigenvalue weighted by atomic mass is 10.2. The second-order valence-corrected chi connectivity index (χ2v) is 6.12. The molecule has 120 valence electrons. The van der Waals surface area contributed by atoms with Crippen LogP contribution in [0.15, 0.2) is 35.2 Å². The van der Waals surface area contributed by atoms with Crippen molar-refractivity contribution in [3.63, 3.8) is 0 Å². The maximum atomic E-state index is 11.1. The molecule has 0 saturated carbocycles. The van der Waals surface area contributed by atoms with Crippen LogP contribution in [-0.4, -0.2) is 36.2 Å². The van der Waals surface area contributed by atoms with Crippen molar-refractivity contribution >= 4 is 28.6 Å². The van der Waals surface area contributed by atoms with Gasteiger partial charge >= 0.3 is 0 Å². The number of carbonyl (C=O) groups is 1. The number of anilines is 1. The van der Waals surface area contributed by atoms with Crippen LogP contribution in [0.2, 0.25) is 0 Å². The number of rotatable bonds is 7. The molecule has 7 nitrogen and oxygen atoms in total. The molecule has 0 radical (unpaired) electrons. The van der Waals surface area contributed by atoms with E-state index < -0.39 is 0 Å². The minimum Gasteiger partial charge on any atom is -0.354 e. The van der Waals surface area contributed by atoms with Crippen molar-refractivity contribution in [1.29, 1.82) is 5.26 Å². The maximum absolute atomic E-state index is 11.1. The Morgan fingerprint density at radius 3 is 3.22 bits per heavy atom. The largest absolute Gasteiger partial charge is 0.354 e. The fourth-order valence-electron chi connectivity index (χ4n) is 1.91. The predicted octanol–water partition coefficient (Wildman–Crippen LogP) is 1.39. The Balaban J connectivity index is 1.74. The van der Waals surface area contributed by atoms with Crippen LogP contribution in [0.25, 0.3) is 0 Å². The van der Waals surface area contributed by atoms with Crippen LogP contribution in [0.3, 0.4) is 0 Å². The van der Waals surface area contributed by atoms with Crippen molar-refractivity contribution in [3.8, 4) is 6.07 Å². The summed E-state index contributed by atoms with van der Waals surface area (Å²) in [5.41, 5.74) is 1.10. The van der Waals surface area contributed by atoms with Crippen molar-refractivity contribution in [1.82, 2.24) is 15.6 Å². The molecule has 0 aliphatic carbocycles. The van der Waals surface area contributed by atoms with Gasteiger partial charge in [0.05, 0.1) is 6.20 Å². The van der Waals surface area contributed by atoms with Crippen LogP contribution in [0.1, 0.15) is 18.2 Å². The van der Waals surface area contributed by atoms with Gasteiger partial charge < -0.3 is 16.0 Å². The van der Waals surface area contributed by atoms with E-state index in [-0.39, 0.29) is 11.9 Å². The van der Waals surface area contributed by atoms with Crippen LogP contribution >= 0.6 is 11.3 Å². The van der Waals surface area contributed by atoms with Gasteiger partial charge in [0.1, 0.15) is 16.8 Å². The summed E-state index contributed by atoms with van der Waals surface area (Å²) in [6.45, 7) is 7.15. The minimum absolute atomic E-state index is 0.0924. The molecule has 0 bridgehead atoms. The zero-order chi connectivity index (χ0) is 16.7. The molecule has 1 atom stereocenters. The Hall–Kier alpha value is -2.50. The molecule has 0 spiro atoms. The fourth-order valence-corrected chi connectivity index (χ4v) is 2.54. The monoisotopic (exact) mass is 330 g/mol. The van der Waals surface area contributed by atoms with E-state index >= 15 is 0 Å². The van der Waals surface area contributed by atoms with E-state index in [1.165, 1.54) is 17.5 Å². The van der Waals surface area contributed by atoms with E-state index in [0.29, 0.717) is 35.3 Å². The Bertz CT molecular complexity index is 684. The van der Waals surface area contributed by atoms with Crippen LogP contribution in [-0.2, 0) is 4.79 Å². The first-order valence-corrected chi connectivity index (χ1v) is 7.90. The van der Waals surface area contributed by atoms with Crippen molar-refractivity contribution in [3.05, 3.63) is 35.1 Å². The van der Waals surface area contributed by atoms with Gasteiger partial charge in [0.2, 0.25) is 5.91 Å². The molecule has 3 N–H and O–H groups in total. The van der Waals surface area contributed by atoms with Gasteiger partial charge in [0, 0.05) is 31.8 Å². The van der Waals surface area contributed by atoms with Crippen molar-refractivity contribution in [2.75, 3.05) is 18.4 Å². The van der Waals surface area contributed by atoms with Gasteiger partial charge in [0.15, 0.2) is 5.13 Å². The summed E-state index contributed by atoms with van der Waals surface area (Å²) in [5.74, 6) is 0.543. The third-order valence-electron chi connectivity index (χ3n) is 3.10. The van der Waals surface area contributed by atoms with Gasteiger partial charge in [-0.2, -0.15) is 5.26 Å². The first-order chi connectivity index (χ1) is 11.1. The maximum Gasteiger partial charge on any atom is 0.221 e. The number of thiazole rings is 1. The Kier molecular flexibility index (Phi) is 6.02. The highest BCUT2D eigenvalue weighted by atomic mass is 32.1. The Labute approximate surface area is 138 Å². The average molecular weight is 330 g/mol. The zero-order valence-corrected chi connectivity index (χ0v) is 13.6.